The third-order valence-electron chi connectivity index (χ3n) is 8.30. The Morgan fingerprint density at radius 2 is 0.500 bits per heavy atom. The number of halogens is 1. The molecule has 38 heavy (non-hydrogen) atoms. The summed E-state index contributed by atoms with van der Waals surface area (Å²) in [6.45, 7) is 0. The van der Waals surface area contributed by atoms with E-state index in [4.69, 9.17) is 13.3 Å². The maximum Gasteiger partial charge on any atom is 0.500 e. The molecule has 230 valence electrons. The molecule has 0 fully saturated rings. The topological polar surface area (TPSA) is 27.7 Å². The number of unbranched alkanes of at least 4 members (excludes halogenated alkanes) is 27. The van der Waals surface area contributed by atoms with Gasteiger partial charge in [-0.2, -0.15) is 0 Å². The largest absolute Gasteiger partial charge is 0.500 e. The molecule has 0 amide bonds. The smallest absolute Gasteiger partial charge is 0.377 e. The minimum absolute atomic E-state index is 0.940. The van der Waals surface area contributed by atoms with Gasteiger partial charge in [0.1, 0.15) is 0 Å². The highest BCUT2D eigenvalue weighted by molar-refractivity contribution is 9.09. The number of hydrogen-bond donors (Lipinski definition) is 0. The van der Waals surface area contributed by atoms with Crippen LogP contribution in [0.3, 0.4) is 0 Å². The molecule has 0 saturated carbocycles. The highest BCUT2D eigenvalue weighted by atomic mass is 79.9. The molecule has 0 aromatic heterocycles. The summed E-state index contributed by atoms with van der Waals surface area (Å²) < 4.78 is 16.5. The van der Waals surface area contributed by atoms with E-state index < -0.39 is 8.80 Å². The first-order valence-electron chi connectivity index (χ1n) is 17.0. The van der Waals surface area contributed by atoms with E-state index in [1.54, 1.807) is 21.3 Å². The second kappa shape index (κ2) is 32.1. The van der Waals surface area contributed by atoms with Crippen molar-refractivity contribution in [1.29, 1.82) is 0 Å². The molecular weight excluding hydrogens is 552 g/mol. The van der Waals surface area contributed by atoms with E-state index in [0.717, 1.165) is 12.5 Å². The Hall–Kier alpha value is 0.577. The van der Waals surface area contributed by atoms with Crippen molar-refractivity contribution in [3.05, 3.63) is 0 Å². The van der Waals surface area contributed by atoms with Gasteiger partial charge in [-0.1, -0.05) is 183 Å². The first-order valence-corrected chi connectivity index (χ1v) is 20.0. The van der Waals surface area contributed by atoms with E-state index in [0.29, 0.717) is 0 Å². The monoisotopic (exact) mass is 620 g/mol. The Morgan fingerprint density at radius 1 is 0.316 bits per heavy atom. The lowest BCUT2D eigenvalue weighted by Crippen LogP contribution is -2.42. The van der Waals surface area contributed by atoms with Crippen LogP contribution >= 0.6 is 15.9 Å². The summed E-state index contributed by atoms with van der Waals surface area (Å²) in [5.74, 6) is 0. The summed E-state index contributed by atoms with van der Waals surface area (Å²) in [7, 11) is 2.79. The molecule has 0 aliphatic carbocycles. The second-order valence-electron chi connectivity index (χ2n) is 11.6. The molecule has 5 heteroatoms. The van der Waals surface area contributed by atoms with Crippen LogP contribution in [-0.4, -0.2) is 35.5 Å². The van der Waals surface area contributed by atoms with E-state index in [-0.39, 0.29) is 0 Å². The van der Waals surface area contributed by atoms with Crippen LogP contribution in [0.2, 0.25) is 6.04 Å². The van der Waals surface area contributed by atoms with Crippen molar-refractivity contribution in [2.45, 2.75) is 186 Å². The summed E-state index contributed by atoms with van der Waals surface area (Å²) in [5, 5.41) is 1.18. The molecule has 0 aromatic carbocycles. The summed E-state index contributed by atoms with van der Waals surface area (Å²) in [5.41, 5.74) is 0. The molecule has 3 nitrogen and oxygen atoms in total. The zero-order valence-electron chi connectivity index (χ0n) is 26.3. The van der Waals surface area contributed by atoms with Crippen molar-refractivity contribution in [3.63, 3.8) is 0 Å². The van der Waals surface area contributed by atoms with Gasteiger partial charge in [0.15, 0.2) is 0 Å². The van der Waals surface area contributed by atoms with Crippen molar-refractivity contribution in [2.24, 2.45) is 0 Å². The third-order valence-corrected chi connectivity index (χ3v) is 11.7. The standard InChI is InChI=1S/C33H69BrO3Si/c1-35-38(36-2,37-3)33-31-29-27-25-23-21-19-17-15-13-11-9-7-5-4-6-8-10-12-14-16-18-20-22-24-26-28-30-32-34/h4-33H2,1-3H3. The lowest BCUT2D eigenvalue weighted by atomic mass is 10.0. The van der Waals surface area contributed by atoms with Gasteiger partial charge in [0, 0.05) is 32.7 Å². The maximum absolute atomic E-state index is 5.49. The molecule has 0 aromatic rings. The summed E-state index contributed by atoms with van der Waals surface area (Å²) in [6.07, 6.45) is 40.0. The summed E-state index contributed by atoms with van der Waals surface area (Å²) >= 11 is 3.52. The van der Waals surface area contributed by atoms with E-state index in [2.05, 4.69) is 15.9 Å². The molecule has 0 N–H and O–H groups in total. The molecule has 0 rings (SSSR count). The van der Waals surface area contributed by atoms with E-state index in [9.17, 15) is 0 Å². The van der Waals surface area contributed by atoms with Crippen LogP contribution < -0.4 is 0 Å². The molecule has 0 atom stereocenters. The van der Waals surface area contributed by atoms with Crippen molar-refractivity contribution < 1.29 is 13.3 Å². The van der Waals surface area contributed by atoms with E-state index in [1.807, 2.05) is 0 Å². The van der Waals surface area contributed by atoms with Gasteiger partial charge in [-0.05, 0) is 12.8 Å². The number of hydrogen-bond acceptors (Lipinski definition) is 3. The lowest BCUT2D eigenvalue weighted by molar-refractivity contribution is 0.122. The molecule has 0 bridgehead atoms. The van der Waals surface area contributed by atoms with E-state index in [1.165, 1.54) is 179 Å². The van der Waals surface area contributed by atoms with Gasteiger partial charge in [-0.15, -0.1) is 0 Å². The maximum atomic E-state index is 5.49. The molecule has 0 heterocycles. The SMILES string of the molecule is CO[Si](CCCCCCCCCCCCCCCCCCCCCCCCCCCCCCBr)(OC)OC. The quantitative estimate of drug-likeness (QED) is 0.0414. The van der Waals surface area contributed by atoms with Crippen molar-refractivity contribution in [3.8, 4) is 0 Å². The second-order valence-corrected chi connectivity index (χ2v) is 15.5. The molecule has 0 spiro atoms. The van der Waals surface area contributed by atoms with Crippen LogP contribution in [-0.2, 0) is 13.3 Å². The Kier molecular flexibility index (Phi) is 32.6. The van der Waals surface area contributed by atoms with Crippen LogP contribution in [0.5, 0.6) is 0 Å². The molecule has 0 saturated heterocycles. The van der Waals surface area contributed by atoms with Crippen LogP contribution in [0, 0.1) is 0 Å². The Balaban J connectivity index is 3.13. The molecule has 0 unspecified atom stereocenters. The fraction of sp³-hybridized carbons (Fsp3) is 1.00. The lowest BCUT2D eigenvalue weighted by Gasteiger charge is -2.24. The van der Waals surface area contributed by atoms with Crippen LogP contribution in [0.25, 0.3) is 0 Å². The Morgan fingerprint density at radius 3 is 0.684 bits per heavy atom. The fourth-order valence-corrected chi connectivity index (χ4v) is 7.78. The first-order chi connectivity index (χ1) is 18.7. The van der Waals surface area contributed by atoms with E-state index >= 15 is 0 Å². The average molecular weight is 622 g/mol. The minimum atomic E-state index is -2.34. The number of rotatable bonds is 33. The first kappa shape index (κ1) is 38.6. The molecular formula is C33H69BrO3Si. The zero-order chi connectivity index (χ0) is 27.8. The van der Waals surface area contributed by atoms with Crippen LogP contribution in [0.1, 0.15) is 180 Å². The van der Waals surface area contributed by atoms with Gasteiger partial charge < -0.3 is 13.3 Å². The highest BCUT2D eigenvalue weighted by Gasteiger charge is 2.36. The molecule has 0 aliphatic heterocycles. The van der Waals surface area contributed by atoms with Gasteiger partial charge >= 0.3 is 8.80 Å². The Bertz CT molecular complexity index is 426. The van der Waals surface area contributed by atoms with Gasteiger partial charge in [0.2, 0.25) is 0 Å². The van der Waals surface area contributed by atoms with Gasteiger partial charge in [0.25, 0.3) is 0 Å². The summed E-state index contributed by atoms with van der Waals surface area (Å²) in [4.78, 5) is 0. The Labute approximate surface area is 249 Å². The van der Waals surface area contributed by atoms with Gasteiger partial charge in [0.05, 0.1) is 0 Å². The van der Waals surface area contributed by atoms with Crippen molar-refractivity contribution >= 4 is 24.7 Å². The molecule has 0 radical (unpaired) electrons. The number of alkyl halides is 1. The summed E-state index contributed by atoms with van der Waals surface area (Å²) in [6, 6.07) is 0.940. The predicted octanol–water partition coefficient (Wildman–Crippen LogP) is 12.2. The van der Waals surface area contributed by atoms with Gasteiger partial charge in [-0.3, -0.25) is 0 Å². The fourth-order valence-electron chi connectivity index (χ4n) is 5.59. The minimum Gasteiger partial charge on any atom is -0.377 e. The van der Waals surface area contributed by atoms with Crippen LogP contribution in [0.4, 0.5) is 0 Å². The zero-order valence-corrected chi connectivity index (χ0v) is 28.9. The van der Waals surface area contributed by atoms with Gasteiger partial charge in [-0.25, -0.2) is 0 Å². The normalized spacial score (nSPS) is 12.0. The van der Waals surface area contributed by atoms with Crippen molar-refractivity contribution in [2.75, 3.05) is 26.7 Å². The van der Waals surface area contributed by atoms with Crippen LogP contribution in [0.15, 0.2) is 0 Å². The molecule has 0 aliphatic rings. The highest BCUT2D eigenvalue weighted by Crippen LogP contribution is 2.19. The third kappa shape index (κ3) is 26.8. The average Bonchev–Trinajstić information content (AvgIpc) is 2.94. The van der Waals surface area contributed by atoms with Crippen molar-refractivity contribution in [1.82, 2.24) is 0 Å². The predicted molar refractivity (Wildman–Crippen MR) is 175 cm³/mol.